The molecule has 2 aromatic heterocycles. The Morgan fingerprint density at radius 1 is 1.00 bits per heavy atom. The predicted molar refractivity (Wildman–Crippen MR) is 74.8 cm³/mol. The van der Waals surface area contributed by atoms with E-state index in [0.29, 0.717) is 0 Å². The fourth-order valence-electron chi connectivity index (χ4n) is 2.29. The van der Waals surface area contributed by atoms with E-state index in [4.69, 9.17) is 4.98 Å². The number of fused-ring (bicyclic) bond motifs is 1. The first kappa shape index (κ1) is 14.1. The molecule has 2 heterocycles. The molecule has 0 unspecified atom stereocenters. The number of hydrogen-bond donors (Lipinski definition) is 0. The van der Waals surface area contributed by atoms with Crippen LogP contribution < -0.4 is 24.0 Å². The summed E-state index contributed by atoms with van der Waals surface area (Å²) in [5.41, 5.74) is 7.01. The summed E-state index contributed by atoms with van der Waals surface area (Å²) in [5.74, 6) is 0. The fraction of sp³-hybridized carbons (Fsp3) is 0.188. The minimum atomic E-state index is 0. The van der Waals surface area contributed by atoms with Gasteiger partial charge in [-0.25, -0.2) is 4.98 Å². The van der Waals surface area contributed by atoms with Crippen molar-refractivity contribution in [2.75, 3.05) is 0 Å². The van der Waals surface area contributed by atoms with Crippen LogP contribution in [0.1, 0.15) is 16.8 Å². The molecule has 3 rings (SSSR count). The maximum absolute atomic E-state index is 4.71. The van der Waals surface area contributed by atoms with Crippen molar-refractivity contribution in [2.24, 2.45) is 0 Å². The van der Waals surface area contributed by atoms with Gasteiger partial charge in [0.05, 0.1) is 5.69 Å². The molecule has 0 aliphatic rings. The molecule has 2 nitrogen and oxygen atoms in total. The van der Waals surface area contributed by atoms with E-state index in [1.807, 2.05) is 12.1 Å². The number of aryl methyl sites for hydroxylation is 3. The van der Waals surface area contributed by atoms with Crippen LogP contribution in [0.3, 0.4) is 0 Å². The topological polar surface area (TPSA) is 17.3 Å². The Morgan fingerprint density at radius 3 is 2.53 bits per heavy atom. The number of pyridine rings is 1. The lowest BCUT2D eigenvalue weighted by Crippen LogP contribution is -3.00. The Bertz CT molecular complexity index is 729. The zero-order chi connectivity index (χ0) is 12.7. The second-order valence-corrected chi connectivity index (χ2v) is 4.84. The second kappa shape index (κ2) is 5.33. The Balaban J connectivity index is 0.00000133. The molecule has 0 amide bonds. The summed E-state index contributed by atoms with van der Waals surface area (Å²) >= 11 is 0. The summed E-state index contributed by atoms with van der Waals surface area (Å²) in [6.45, 7) is 6.34. The largest absolute Gasteiger partial charge is 1.00 e. The van der Waals surface area contributed by atoms with E-state index in [1.165, 1.54) is 22.4 Å². The highest BCUT2D eigenvalue weighted by molar-refractivity contribution is 5.67. The number of imidazole rings is 1. The van der Waals surface area contributed by atoms with Crippen molar-refractivity contribution in [1.82, 2.24) is 9.38 Å². The average molecular weight is 363 g/mol. The van der Waals surface area contributed by atoms with Crippen LogP contribution in [0.4, 0.5) is 0 Å². The molecule has 3 heteroatoms. The van der Waals surface area contributed by atoms with Crippen molar-refractivity contribution in [3.8, 4) is 11.3 Å². The zero-order valence-corrected chi connectivity index (χ0v) is 13.5. The monoisotopic (exact) mass is 363 g/mol. The molecule has 19 heavy (non-hydrogen) atoms. The molecule has 3 aromatic rings. The first-order chi connectivity index (χ1) is 8.65. The Morgan fingerprint density at radius 2 is 1.79 bits per heavy atom. The smallest absolute Gasteiger partial charge is 0.137 e. The standard InChI is InChI=1S/C16H16N2.HI/c1-11-7-8-12(2)14(9-11)15-10-18-13(3)5-4-6-16(18)17-15;/h4-10H,1-3H3;1H/p-1. The third-order valence-electron chi connectivity index (χ3n) is 3.36. The molecule has 0 radical (unpaired) electrons. The van der Waals surface area contributed by atoms with E-state index in [-0.39, 0.29) is 24.0 Å². The zero-order valence-electron chi connectivity index (χ0n) is 11.3. The molecule has 1 aromatic carbocycles. The van der Waals surface area contributed by atoms with Crippen LogP contribution in [0.2, 0.25) is 0 Å². The Kier molecular flexibility index (Phi) is 3.94. The van der Waals surface area contributed by atoms with Crippen molar-refractivity contribution in [2.45, 2.75) is 20.8 Å². The SMILES string of the molecule is Cc1ccc(C)c(-c2cn3c(C)cccc3n2)c1.[I-]. The van der Waals surface area contributed by atoms with Crippen LogP contribution in [-0.2, 0) is 0 Å². The van der Waals surface area contributed by atoms with Gasteiger partial charge in [0.25, 0.3) is 0 Å². The fourth-order valence-corrected chi connectivity index (χ4v) is 2.29. The molecule has 0 fully saturated rings. The number of halogens is 1. The maximum atomic E-state index is 4.71. The summed E-state index contributed by atoms with van der Waals surface area (Å²) < 4.78 is 2.14. The molecule has 0 atom stereocenters. The number of benzene rings is 1. The lowest BCUT2D eigenvalue weighted by molar-refractivity contribution is -0.00000393. The van der Waals surface area contributed by atoms with E-state index in [2.05, 4.69) is 55.6 Å². The van der Waals surface area contributed by atoms with Gasteiger partial charge < -0.3 is 28.4 Å². The number of hydrogen-bond acceptors (Lipinski definition) is 1. The van der Waals surface area contributed by atoms with Crippen LogP contribution in [0.25, 0.3) is 16.9 Å². The van der Waals surface area contributed by atoms with Gasteiger partial charge in [0.1, 0.15) is 5.65 Å². The molecule has 0 saturated carbocycles. The summed E-state index contributed by atoms with van der Waals surface area (Å²) in [7, 11) is 0. The van der Waals surface area contributed by atoms with Crippen molar-refractivity contribution < 1.29 is 24.0 Å². The highest BCUT2D eigenvalue weighted by Gasteiger charge is 2.08. The van der Waals surface area contributed by atoms with Crippen LogP contribution in [0.15, 0.2) is 42.6 Å². The van der Waals surface area contributed by atoms with Gasteiger partial charge in [0.2, 0.25) is 0 Å². The first-order valence-electron chi connectivity index (χ1n) is 6.17. The van der Waals surface area contributed by atoms with Crippen molar-refractivity contribution >= 4 is 5.65 Å². The Labute approximate surface area is 130 Å². The molecule has 0 bridgehead atoms. The van der Waals surface area contributed by atoms with Crippen molar-refractivity contribution in [3.63, 3.8) is 0 Å². The van der Waals surface area contributed by atoms with Crippen LogP contribution in [0, 0.1) is 20.8 Å². The quantitative estimate of drug-likeness (QED) is 0.588. The van der Waals surface area contributed by atoms with E-state index in [0.717, 1.165) is 11.3 Å². The number of aromatic nitrogens is 2. The normalized spacial score (nSPS) is 10.5. The minimum Gasteiger partial charge on any atom is -1.00 e. The van der Waals surface area contributed by atoms with Gasteiger partial charge in [-0.1, -0.05) is 23.8 Å². The first-order valence-corrected chi connectivity index (χ1v) is 6.17. The summed E-state index contributed by atoms with van der Waals surface area (Å²) in [6, 6.07) is 12.7. The molecular weight excluding hydrogens is 347 g/mol. The third-order valence-corrected chi connectivity index (χ3v) is 3.36. The molecule has 0 saturated heterocycles. The van der Waals surface area contributed by atoms with Gasteiger partial charge in [-0.3, -0.25) is 0 Å². The van der Waals surface area contributed by atoms with E-state index >= 15 is 0 Å². The van der Waals surface area contributed by atoms with E-state index in [1.54, 1.807) is 0 Å². The third kappa shape index (κ3) is 2.52. The summed E-state index contributed by atoms with van der Waals surface area (Å²) in [5, 5.41) is 0. The molecule has 0 spiro atoms. The lowest BCUT2D eigenvalue weighted by atomic mass is 10.0. The second-order valence-electron chi connectivity index (χ2n) is 4.84. The van der Waals surface area contributed by atoms with Gasteiger partial charge in [0.15, 0.2) is 0 Å². The van der Waals surface area contributed by atoms with Crippen molar-refractivity contribution in [1.29, 1.82) is 0 Å². The summed E-state index contributed by atoms with van der Waals surface area (Å²) in [4.78, 5) is 4.71. The van der Waals surface area contributed by atoms with Gasteiger partial charge in [-0.2, -0.15) is 0 Å². The minimum absolute atomic E-state index is 0. The van der Waals surface area contributed by atoms with E-state index in [9.17, 15) is 0 Å². The molecular formula is C16H16IN2-. The average Bonchev–Trinajstić information content (AvgIpc) is 2.77. The van der Waals surface area contributed by atoms with Crippen LogP contribution in [0.5, 0.6) is 0 Å². The van der Waals surface area contributed by atoms with Gasteiger partial charge in [-0.15, -0.1) is 0 Å². The van der Waals surface area contributed by atoms with Crippen LogP contribution >= 0.6 is 0 Å². The number of rotatable bonds is 1. The Hall–Kier alpha value is -1.36. The summed E-state index contributed by atoms with van der Waals surface area (Å²) in [6.07, 6.45) is 2.12. The van der Waals surface area contributed by atoms with Gasteiger partial charge in [0, 0.05) is 17.5 Å². The predicted octanol–water partition coefficient (Wildman–Crippen LogP) is 0.931. The van der Waals surface area contributed by atoms with Gasteiger partial charge >= 0.3 is 0 Å². The molecule has 0 aliphatic carbocycles. The molecule has 0 aliphatic heterocycles. The number of nitrogens with zero attached hydrogens (tertiary/aromatic N) is 2. The van der Waals surface area contributed by atoms with Crippen molar-refractivity contribution in [3.05, 3.63) is 59.4 Å². The highest BCUT2D eigenvalue weighted by atomic mass is 127. The molecule has 0 N–H and O–H groups in total. The van der Waals surface area contributed by atoms with Crippen LogP contribution in [-0.4, -0.2) is 9.38 Å². The maximum Gasteiger partial charge on any atom is 0.137 e. The van der Waals surface area contributed by atoms with Gasteiger partial charge in [-0.05, 0) is 44.5 Å². The molecule has 98 valence electrons. The lowest BCUT2D eigenvalue weighted by Gasteiger charge is -2.03. The highest BCUT2D eigenvalue weighted by Crippen LogP contribution is 2.24. The van der Waals surface area contributed by atoms with E-state index < -0.39 is 0 Å².